The van der Waals surface area contributed by atoms with E-state index in [4.69, 9.17) is 11.6 Å². The summed E-state index contributed by atoms with van der Waals surface area (Å²) in [5.74, 6) is 0.226. The summed E-state index contributed by atoms with van der Waals surface area (Å²) in [5, 5.41) is 2.84. The van der Waals surface area contributed by atoms with Crippen LogP contribution in [0.2, 0.25) is 5.28 Å². The van der Waals surface area contributed by atoms with Crippen molar-refractivity contribution in [3.63, 3.8) is 0 Å². The zero-order valence-electron chi connectivity index (χ0n) is 10.8. The van der Waals surface area contributed by atoms with Crippen LogP contribution in [0.4, 0.5) is 22.0 Å². The molecule has 0 unspecified atom stereocenters. The number of nitrogens with zero attached hydrogens (tertiary/aromatic N) is 4. The Hall–Kier alpha value is -1.95. The lowest BCUT2D eigenvalue weighted by Gasteiger charge is -2.12. The molecule has 2 rings (SSSR count). The highest BCUT2D eigenvalue weighted by Gasteiger charge is 2.09. The van der Waals surface area contributed by atoms with Crippen LogP contribution in [0.25, 0.3) is 0 Å². The molecule has 0 spiro atoms. The van der Waals surface area contributed by atoms with Crippen LogP contribution in [0.15, 0.2) is 18.2 Å². The molecule has 0 aliphatic rings. The first kappa shape index (κ1) is 13.5. The predicted molar refractivity (Wildman–Crippen MR) is 73.6 cm³/mol. The van der Waals surface area contributed by atoms with Crippen molar-refractivity contribution in [3.05, 3.63) is 34.9 Å². The summed E-state index contributed by atoms with van der Waals surface area (Å²) in [6.45, 7) is 1.82. The van der Waals surface area contributed by atoms with E-state index in [2.05, 4.69) is 20.3 Å². The topological polar surface area (TPSA) is 53.9 Å². The zero-order chi connectivity index (χ0) is 14.0. The fourth-order valence-corrected chi connectivity index (χ4v) is 1.59. The van der Waals surface area contributed by atoms with E-state index in [9.17, 15) is 4.39 Å². The quantitative estimate of drug-likeness (QED) is 0.937. The van der Waals surface area contributed by atoms with E-state index in [-0.39, 0.29) is 22.7 Å². The molecule has 0 bridgehead atoms. The van der Waals surface area contributed by atoms with Gasteiger partial charge in [0, 0.05) is 14.1 Å². The molecular formula is C12H13ClFN5. The first-order valence-corrected chi connectivity index (χ1v) is 5.95. The number of rotatable bonds is 3. The third kappa shape index (κ3) is 3.29. The van der Waals surface area contributed by atoms with Crippen LogP contribution in [0.5, 0.6) is 0 Å². The number of hydrogen-bond donors (Lipinski definition) is 1. The maximum Gasteiger partial charge on any atom is 0.233 e. The van der Waals surface area contributed by atoms with Crippen molar-refractivity contribution >= 4 is 29.2 Å². The molecular weight excluding hydrogens is 269 g/mol. The van der Waals surface area contributed by atoms with Gasteiger partial charge in [-0.2, -0.15) is 15.0 Å². The Labute approximate surface area is 115 Å². The van der Waals surface area contributed by atoms with Crippen LogP contribution >= 0.6 is 11.6 Å². The molecule has 0 aliphatic carbocycles. The van der Waals surface area contributed by atoms with Crippen molar-refractivity contribution in [1.29, 1.82) is 0 Å². The van der Waals surface area contributed by atoms with Gasteiger partial charge in [-0.15, -0.1) is 0 Å². The minimum atomic E-state index is -0.372. The Morgan fingerprint density at radius 2 is 1.95 bits per heavy atom. The lowest BCUT2D eigenvalue weighted by molar-refractivity contribution is 0.630. The predicted octanol–water partition coefficient (Wildman–Crippen LogP) is 2.78. The fourth-order valence-electron chi connectivity index (χ4n) is 1.44. The molecule has 7 heteroatoms. The second-order valence-electron chi connectivity index (χ2n) is 4.23. The molecule has 1 N–H and O–H groups in total. The Morgan fingerprint density at radius 1 is 1.21 bits per heavy atom. The standard InChI is InChI=1S/C12H13ClFN5/c1-7-4-5-9(8(14)6-7)15-11-16-10(13)17-12(18-11)19(2)3/h4-6H,1-3H3,(H,15,16,17,18). The molecule has 0 saturated carbocycles. The number of anilines is 3. The van der Waals surface area contributed by atoms with E-state index in [0.717, 1.165) is 5.56 Å². The summed E-state index contributed by atoms with van der Waals surface area (Å²) in [7, 11) is 3.56. The first-order chi connectivity index (χ1) is 8.95. The molecule has 0 fully saturated rings. The SMILES string of the molecule is Cc1ccc(Nc2nc(Cl)nc(N(C)C)n2)c(F)c1. The van der Waals surface area contributed by atoms with E-state index in [1.165, 1.54) is 6.07 Å². The highest BCUT2D eigenvalue weighted by Crippen LogP contribution is 2.20. The second-order valence-corrected chi connectivity index (χ2v) is 4.57. The number of aryl methyl sites for hydroxylation is 1. The summed E-state index contributed by atoms with van der Waals surface area (Å²) >= 11 is 5.80. The van der Waals surface area contributed by atoms with Crippen LogP contribution in [-0.4, -0.2) is 29.0 Å². The molecule has 1 aromatic carbocycles. The van der Waals surface area contributed by atoms with Gasteiger partial charge in [-0.1, -0.05) is 6.07 Å². The maximum absolute atomic E-state index is 13.7. The fraction of sp³-hybridized carbons (Fsp3) is 0.250. The van der Waals surface area contributed by atoms with E-state index in [1.807, 2.05) is 6.92 Å². The Morgan fingerprint density at radius 3 is 2.58 bits per heavy atom. The molecule has 1 heterocycles. The lowest BCUT2D eigenvalue weighted by atomic mass is 10.2. The van der Waals surface area contributed by atoms with Crippen LogP contribution in [0.1, 0.15) is 5.56 Å². The Kier molecular flexibility index (Phi) is 3.80. The smallest absolute Gasteiger partial charge is 0.233 e. The molecule has 100 valence electrons. The number of benzene rings is 1. The second kappa shape index (κ2) is 5.36. The van der Waals surface area contributed by atoms with E-state index >= 15 is 0 Å². The van der Waals surface area contributed by atoms with Crippen molar-refractivity contribution in [2.45, 2.75) is 6.92 Å². The highest BCUT2D eigenvalue weighted by atomic mass is 35.5. The van der Waals surface area contributed by atoms with Gasteiger partial charge in [0.1, 0.15) is 5.82 Å². The van der Waals surface area contributed by atoms with Crippen molar-refractivity contribution < 1.29 is 4.39 Å². The van der Waals surface area contributed by atoms with Gasteiger partial charge in [0.2, 0.25) is 17.2 Å². The molecule has 0 amide bonds. The zero-order valence-corrected chi connectivity index (χ0v) is 11.5. The van der Waals surface area contributed by atoms with Crippen molar-refractivity contribution in [2.75, 3.05) is 24.3 Å². The van der Waals surface area contributed by atoms with E-state index in [0.29, 0.717) is 5.95 Å². The molecule has 0 aliphatic heterocycles. The van der Waals surface area contributed by atoms with Gasteiger partial charge in [-0.3, -0.25) is 0 Å². The van der Waals surface area contributed by atoms with Crippen molar-refractivity contribution in [2.24, 2.45) is 0 Å². The summed E-state index contributed by atoms with van der Waals surface area (Å²) in [6, 6.07) is 4.84. The van der Waals surface area contributed by atoms with Crippen LogP contribution in [0.3, 0.4) is 0 Å². The highest BCUT2D eigenvalue weighted by molar-refractivity contribution is 6.28. The van der Waals surface area contributed by atoms with Crippen molar-refractivity contribution in [3.8, 4) is 0 Å². The van der Waals surface area contributed by atoms with Crippen LogP contribution < -0.4 is 10.2 Å². The minimum absolute atomic E-state index is 0.0497. The minimum Gasteiger partial charge on any atom is -0.347 e. The van der Waals surface area contributed by atoms with Gasteiger partial charge >= 0.3 is 0 Å². The van der Waals surface area contributed by atoms with Gasteiger partial charge in [-0.05, 0) is 36.2 Å². The van der Waals surface area contributed by atoms with Gasteiger partial charge < -0.3 is 10.2 Å². The average molecular weight is 282 g/mol. The molecule has 0 radical (unpaired) electrons. The lowest BCUT2D eigenvalue weighted by Crippen LogP contribution is -2.14. The number of hydrogen-bond acceptors (Lipinski definition) is 5. The van der Waals surface area contributed by atoms with E-state index < -0.39 is 0 Å². The number of halogens is 2. The molecule has 1 aromatic heterocycles. The number of nitrogens with one attached hydrogen (secondary N) is 1. The monoisotopic (exact) mass is 281 g/mol. The van der Waals surface area contributed by atoms with Crippen LogP contribution in [-0.2, 0) is 0 Å². The van der Waals surface area contributed by atoms with Crippen molar-refractivity contribution in [1.82, 2.24) is 15.0 Å². The molecule has 19 heavy (non-hydrogen) atoms. The molecule has 2 aromatic rings. The molecule has 0 atom stereocenters. The van der Waals surface area contributed by atoms with Gasteiger partial charge in [-0.25, -0.2) is 4.39 Å². The largest absolute Gasteiger partial charge is 0.347 e. The first-order valence-electron chi connectivity index (χ1n) is 5.58. The summed E-state index contributed by atoms with van der Waals surface area (Å²) < 4.78 is 13.7. The van der Waals surface area contributed by atoms with Crippen LogP contribution in [0, 0.1) is 12.7 Å². The van der Waals surface area contributed by atoms with E-state index in [1.54, 1.807) is 31.1 Å². The van der Waals surface area contributed by atoms with Gasteiger partial charge in [0.15, 0.2) is 0 Å². The summed E-state index contributed by atoms with van der Waals surface area (Å²) in [4.78, 5) is 13.7. The third-order valence-electron chi connectivity index (χ3n) is 2.37. The average Bonchev–Trinajstić information content (AvgIpc) is 2.32. The normalized spacial score (nSPS) is 10.4. The molecule has 0 saturated heterocycles. The Bertz CT molecular complexity index is 603. The third-order valence-corrected chi connectivity index (χ3v) is 2.54. The van der Waals surface area contributed by atoms with Gasteiger partial charge in [0.05, 0.1) is 5.69 Å². The summed E-state index contributed by atoms with van der Waals surface area (Å²) in [5.41, 5.74) is 1.13. The summed E-state index contributed by atoms with van der Waals surface area (Å²) in [6.07, 6.45) is 0. The number of aromatic nitrogens is 3. The maximum atomic E-state index is 13.7. The Balaban J connectivity index is 2.32. The molecule has 5 nitrogen and oxygen atoms in total. The van der Waals surface area contributed by atoms with Gasteiger partial charge in [0.25, 0.3) is 0 Å².